The summed E-state index contributed by atoms with van der Waals surface area (Å²) in [4.78, 5) is 15.5. The Morgan fingerprint density at radius 2 is 1.44 bits per heavy atom. The van der Waals surface area contributed by atoms with E-state index in [1.807, 2.05) is 72.8 Å². The van der Waals surface area contributed by atoms with Gasteiger partial charge >= 0.3 is 5.97 Å². The smallest absolute Gasteiger partial charge is 0.340 e. The molecular formula is C31H28N2O3. The second-order valence-electron chi connectivity index (χ2n) is 9.10. The van der Waals surface area contributed by atoms with E-state index in [0.29, 0.717) is 17.1 Å². The number of fused-ring (bicyclic) bond motifs is 6. The molecule has 0 aromatic heterocycles. The van der Waals surface area contributed by atoms with Crippen molar-refractivity contribution in [3.63, 3.8) is 0 Å². The van der Waals surface area contributed by atoms with Crippen LogP contribution in [-0.2, 0) is 10.3 Å². The molecule has 0 amide bonds. The summed E-state index contributed by atoms with van der Waals surface area (Å²) in [6, 6.07) is 31.9. The Kier molecular flexibility index (Phi) is 5.50. The molecule has 1 N–H and O–H groups in total. The van der Waals surface area contributed by atoms with Crippen LogP contribution in [0.3, 0.4) is 0 Å². The number of carbonyl (C=O) groups excluding carboxylic acids is 1. The van der Waals surface area contributed by atoms with Gasteiger partial charge in [-0.1, -0.05) is 74.5 Å². The van der Waals surface area contributed by atoms with Crippen LogP contribution in [0, 0.1) is 0 Å². The van der Waals surface area contributed by atoms with Crippen molar-refractivity contribution >= 4 is 11.7 Å². The van der Waals surface area contributed by atoms with Crippen LogP contribution in [0.2, 0.25) is 0 Å². The summed E-state index contributed by atoms with van der Waals surface area (Å²) in [5.74, 6) is 1.08. The number of ether oxygens (including phenoxy) is 2. The molecule has 0 bridgehead atoms. The molecule has 4 aromatic rings. The fourth-order valence-corrected chi connectivity index (χ4v) is 5.48. The monoisotopic (exact) mass is 476 g/mol. The van der Waals surface area contributed by atoms with Gasteiger partial charge in [-0.25, -0.2) is 4.79 Å². The van der Waals surface area contributed by atoms with E-state index in [-0.39, 0.29) is 12.1 Å². The Morgan fingerprint density at radius 3 is 2.22 bits per heavy atom. The molecule has 2 aliphatic rings. The summed E-state index contributed by atoms with van der Waals surface area (Å²) in [7, 11) is 0. The van der Waals surface area contributed by atoms with Gasteiger partial charge in [-0.05, 0) is 55.1 Å². The molecule has 5 heteroatoms. The van der Waals surface area contributed by atoms with Crippen LogP contribution in [0.4, 0.5) is 5.69 Å². The van der Waals surface area contributed by atoms with Crippen molar-refractivity contribution in [2.45, 2.75) is 25.6 Å². The normalized spacial score (nSPS) is 18.1. The summed E-state index contributed by atoms with van der Waals surface area (Å²) in [5, 5.41) is 3.71. The lowest BCUT2D eigenvalue weighted by molar-refractivity contribution is 0.0224. The zero-order valence-corrected chi connectivity index (χ0v) is 20.4. The molecule has 0 fully saturated rings. The molecule has 1 spiro atoms. The third-order valence-electron chi connectivity index (χ3n) is 7.21. The van der Waals surface area contributed by atoms with Gasteiger partial charge in [0.25, 0.3) is 0 Å². The van der Waals surface area contributed by atoms with Crippen molar-refractivity contribution in [1.82, 2.24) is 4.90 Å². The predicted molar refractivity (Wildman–Crippen MR) is 140 cm³/mol. The Balaban J connectivity index is 1.55. The number of esters is 1. The lowest BCUT2D eigenvalue weighted by Gasteiger charge is -2.38. The maximum Gasteiger partial charge on any atom is 0.340 e. The number of nitrogens with one attached hydrogen (secondary N) is 1. The minimum absolute atomic E-state index is 0.0748. The minimum atomic E-state index is -1.06. The van der Waals surface area contributed by atoms with E-state index in [1.165, 1.54) is 0 Å². The molecule has 36 heavy (non-hydrogen) atoms. The number of nitrogens with zero attached hydrogens (tertiary/aromatic N) is 1. The van der Waals surface area contributed by atoms with E-state index in [0.717, 1.165) is 41.0 Å². The highest BCUT2D eigenvalue weighted by atomic mass is 16.6. The summed E-state index contributed by atoms with van der Waals surface area (Å²) in [5.41, 5.74) is 4.17. The van der Waals surface area contributed by atoms with Gasteiger partial charge in [-0.3, -0.25) is 4.90 Å². The quantitative estimate of drug-likeness (QED) is 0.248. The van der Waals surface area contributed by atoms with Crippen molar-refractivity contribution in [3.8, 4) is 11.5 Å². The second kappa shape index (κ2) is 8.85. The molecule has 4 aromatic carbocycles. The van der Waals surface area contributed by atoms with E-state index in [2.05, 4.69) is 48.3 Å². The molecule has 2 unspecified atom stereocenters. The highest BCUT2D eigenvalue weighted by Crippen LogP contribution is 2.56. The van der Waals surface area contributed by atoms with Gasteiger partial charge in [-0.15, -0.1) is 0 Å². The van der Waals surface area contributed by atoms with E-state index >= 15 is 0 Å². The zero-order chi connectivity index (χ0) is 24.7. The van der Waals surface area contributed by atoms with Gasteiger partial charge in [0.15, 0.2) is 5.60 Å². The summed E-state index contributed by atoms with van der Waals surface area (Å²) >= 11 is 0. The van der Waals surface area contributed by atoms with E-state index in [9.17, 15) is 4.79 Å². The predicted octanol–water partition coefficient (Wildman–Crippen LogP) is 6.71. The van der Waals surface area contributed by atoms with E-state index in [4.69, 9.17) is 9.47 Å². The fourth-order valence-electron chi connectivity index (χ4n) is 5.48. The Morgan fingerprint density at radius 1 is 0.778 bits per heavy atom. The van der Waals surface area contributed by atoms with Crippen LogP contribution in [0.1, 0.15) is 52.6 Å². The first-order chi connectivity index (χ1) is 17.7. The Labute approximate surface area is 211 Å². The van der Waals surface area contributed by atoms with Crippen molar-refractivity contribution in [2.75, 3.05) is 18.4 Å². The van der Waals surface area contributed by atoms with E-state index in [1.54, 1.807) is 0 Å². The largest absolute Gasteiger partial charge is 0.456 e. The van der Waals surface area contributed by atoms with Crippen LogP contribution in [0.15, 0.2) is 97.1 Å². The molecule has 0 aliphatic carbocycles. The minimum Gasteiger partial charge on any atom is -0.456 e. The molecule has 0 radical (unpaired) electrons. The van der Waals surface area contributed by atoms with Crippen molar-refractivity contribution in [2.24, 2.45) is 0 Å². The summed E-state index contributed by atoms with van der Waals surface area (Å²) in [6.45, 7) is 6.08. The lowest BCUT2D eigenvalue weighted by atomic mass is 9.77. The Bertz CT molecular complexity index is 1430. The van der Waals surface area contributed by atoms with Gasteiger partial charge in [-0.2, -0.15) is 0 Å². The highest BCUT2D eigenvalue weighted by molar-refractivity contribution is 5.97. The molecule has 180 valence electrons. The molecular weight excluding hydrogens is 448 g/mol. The molecule has 6 rings (SSSR count). The summed E-state index contributed by atoms with van der Waals surface area (Å²) in [6.07, 6.45) is -0.0748. The number of anilines is 1. The second-order valence-corrected chi connectivity index (χ2v) is 9.10. The van der Waals surface area contributed by atoms with Gasteiger partial charge in [0.1, 0.15) is 17.7 Å². The lowest BCUT2D eigenvalue weighted by Crippen LogP contribution is -2.35. The van der Waals surface area contributed by atoms with Crippen molar-refractivity contribution in [1.29, 1.82) is 0 Å². The number of rotatable bonds is 6. The SMILES string of the molecule is CCN(CC)C(Nc1ccccc1)c1ccc2c(c1)C1(OC(=O)c3ccccc31)c1ccccc1O2. The van der Waals surface area contributed by atoms with Crippen LogP contribution in [0.5, 0.6) is 11.5 Å². The average Bonchev–Trinajstić information content (AvgIpc) is 3.22. The van der Waals surface area contributed by atoms with Gasteiger partial charge < -0.3 is 14.8 Å². The van der Waals surface area contributed by atoms with Gasteiger partial charge in [0.2, 0.25) is 0 Å². The van der Waals surface area contributed by atoms with Crippen molar-refractivity contribution < 1.29 is 14.3 Å². The van der Waals surface area contributed by atoms with E-state index < -0.39 is 5.60 Å². The number of para-hydroxylation sites is 2. The third-order valence-corrected chi connectivity index (χ3v) is 7.21. The van der Waals surface area contributed by atoms with Crippen LogP contribution in [0.25, 0.3) is 0 Å². The number of benzene rings is 4. The molecule has 0 saturated heterocycles. The zero-order valence-electron chi connectivity index (χ0n) is 20.4. The van der Waals surface area contributed by atoms with Crippen LogP contribution < -0.4 is 10.1 Å². The van der Waals surface area contributed by atoms with Crippen LogP contribution >= 0.6 is 0 Å². The molecule has 5 nitrogen and oxygen atoms in total. The standard InChI is InChI=1S/C31H28N2O3/c1-3-33(4-2)29(32-22-12-6-5-7-13-22)21-18-19-28-26(20-21)31(25-16-10-11-17-27(25)35-28)24-15-9-8-14-23(24)30(34)36-31/h5-20,29,32H,3-4H2,1-2H3. The molecule has 2 atom stereocenters. The first kappa shape index (κ1) is 22.4. The number of hydrogen-bond acceptors (Lipinski definition) is 5. The van der Waals surface area contributed by atoms with Crippen LogP contribution in [-0.4, -0.2) is 24.0 Å². The average molecular weight is 477 g/mol. The first-order valence-electron chi connectivity index (χ1n) is 12.5. The van der Waals surface area contributed by atoms with Gasteiger partial charge in [0.05, 0.1) is 5.56 Å². The number of hydrogen-bond donors (Lipinski definition) is 1. The topological polar surface area (TPSA) is 50.8 Å². The maximum atomic E-state index is 13.1. The highest BCUT2D eigenvalue weighted by Gasteiger charge is 2.53. The molecule has 2 aliphatic heterocycles. The first-order valence-corrected chi connectivity index (χ1v) is 12.5. The number of carbonyl (C=O) groups is 1. The molecule has 2 heterocycles. The Hall–Kier alpha value is -4.09. The summed E-state index contributed by atoms with van der Waals surface area (Å²) < 4.78 is 12.7. The van der Waals surface area contributed by atoms with Crippen molar-refractivity contribution in [3.05, 3.63) is 125 Å². The molecule has 0 saturated carbocycles. The van der Waals surface area contributed by atoms with Gasteiger partial charge in [0, 0.05) is 22.4 Å². The maximum absolute atomic E-state index is 13.1. The third kappa shape index (κ3) is 3.39. The fraction of sp³-hybridized carbons (Fsp3) is 0.194.